The molecule has 1 aliphatic heterocycles. The highest BCUT2D eigenvalue weighted by atomic mass is 32.2. The van der Waals surface area contributed by atoms with Crippen LogP contribution in [0.4, 0.5) is 0 Å². The summed E-state index contributed by atoms with van der Waals surface area (Å²) in [5.74, 6) is 0. The number of hydrazone groups is 1. The molecule has 8 heteroatoms. The fourth-order valence-electron chi connectivity index (χ4n) is 2.39. The molecule has 2 aromatic rings. The van der Waals surface area contributed by atoms with Gasteiger partial charge in [0.05, 0.1) is 4.90 Å². The molecule has 0 amide bonds. The van der Waals surface area contributed by atoms with Crippen LogP contribution in [0.25, 0.3) is 0 Å². The van der Waals surface area contributed by atoms with Crippen LogP contribution in [0, 0.1) is 6.92 Å². The Bertz CT molecular complexity index is 847. The zero-order valence-electron chi connectivity index (χ0n) is 11.8. The van der Waals surface area contributed by atoms with Crippen LogP contribution in [0.1, 0.15) is 11.1 Å². The minimum absolute atomic E-state index is 0.0519. The number of benzene rings is 2. The van der Waals surface area contributed by atoms with Crippen molar-refractivity contribution in [3.05, 3.63) is 59.7 Å². The van der Waals surface area contributed by atoms with Crippen molar-refractivity contribution < 1.29 is 18.5 Å². The van der Waals surface area contributed by atoms with E-state index in [4.69, 9.17) is 0 Å². The van der Waals surface area contributed by atoms with Gasteiger partial charge < -0.3 is 14.4 Å². The highest BCUT2D eigenvalue weighted by Crippen LogP contribution is 2.23. The zero-order chi connectivity index (χ0) is 16.0. The molecular formula is C14H14BN2O4S-. The lowest BCUT2D eigenvalue weighted by atomic mass is 9.63. The van der Waals surface area contributed by atoms with Crippen molar-refractivity contribution in [3.8, 4) is 0 Å². The quantitative estimate of drug-likeness (QED) is 0.772. The van der Waals surface area contributed by atoms with Crippen molar-refractivity contribution >= 4 is 28.4 Å². The summed E-state index contributed by atoms with van der Waals surface area (Å²) in [6, 6.07) is 12.5. The molecule has 2 aromatic carbocycles. The summed E-state index contributed by atoms with van der Waals surface area (Å²) in [4.78, 5) is -0.0519. The van der Waals surface area contributed by atoms with Gasteiger partial charge >= 0.3 is 6.69 Å². The molecule has 0 fully saturated rings. The fourth-order valence-corrected chi connectivity index (χ4v) is 3.75. The third-order valence-electron chi connectivity index (χ3n) is 3.60. The van der Waals surface area contributed by atoms with Gasteiger partial charge in [-0.1, -0.05) is 42.0 Å². The van der Waals surface area contributed by atoms with Gasteiger partial charge in [-0.05, 0) is 24.6 Å². The van der Waals surface area contributed by atoms with Crippen molar-refractivity contribution in [1.29, 1.82) is 0 Å². The van der Waals surface area contributed by atoms with E-state index in [0.717, 1.165) is 5.56 Å². The van der Waals surface area contributed by atoms with Crippen LogP contribution in [-0.2, 0) is 10.0 Å². The van der Waals surface area contributed by atoms with Crippen LogP contribution in [0.2, 0.25) is 0 Å². The number of aryl methyl sites for hydroxylation is 1. The molecule has 0 aromatic heterocycles. The Kier molecular flexibility index (Phi) is 3.32. The summed E-state index contributed by atoms with van der Waals surface area (Å²) < 4.78 is 25.6. The molecule has 2 N–H and O–H groups in total. The Hall–Kier alpha value is -2.16. The van der Waals surface area contributed by atoms with Crippen molar-refractivity contribution in [3.63, 3.8) is 0 Å². The monoisotopic (exact) mass is 317 g/mol. The van der Waals surface area contributed by atoms with Gasteiger partial charge in [0.25, 0.3) is 0 Å². The summed E-state index contributed by atoms with van der Waals surface area (Å²) in [5.41, 5.74) is 1.49. The highest BCUT2D eigenvalue weighted by molar-refractivity contribution is 7.90. The first-order valence-corrected chi connectivity index (χ1v) is 8.12. The second-order valence-corrected chi connectivity index (χ2v) is 6.99. The minimum Gasteiger partial charge on any atom is -0.560 e. The van der Waals surface area contributed by atoms with Gasteiger partial charge in [-0.15, -0.1) is 5.46 Å². The maximum absolute atomic E-state index is 12.6. The number of sulfonamides is 1. The number of hydrogen-bond donors (Lipinski definition) is 2. The summed E-state index contributed by atoms with van der Waals surface area (Å²) >= 11 is 0. The Morgan fingerprint density at radius 1 is 1.05 bits per heavy atom. The van der Waals surface area contributed by atoms with Crippen molar-refractivity contribution in [2.45, 2.75) is 11.8 Å². The number of hydrogen-bond acceptors (Lipinski definition) is 5. The van der Waals surface area contributed by atoms with Crippen LogP contribution < -0.4 is 5.46 Å². The highest BCUT2D eigenvalue weighted by Gasteiger charge is 2.41. The molecular weight excluding hydrogens is 303 g/mol. The van der Waals surface area contributed by atoms with E-state index in [1.54, 1.807) is 30.3 Å². The van der Waals surface area contributed by atoms with E-state index in [1.165, 1.54) is 24.4 Å². The van der Waals surface area contributed by atoms with E-state index >= 15 is 0 Å². The van der Waals surface area contributed by atoms with E-state index in [-0.39, 0.29) is 10.4 Å². The molecule has 3 rings (SSSR count). The molecule has 0 aliphatic carbocycles. The number of nitrogens with zero attached hydrogens (tertiary/aromatic N) is 2. The Balaban J connectivity index is 2.11. The van der Waals surface area contributed by atoms with E-state index in [0.29, 0.717) is 9.89 Å². The molecule has 0 radical (unpaired) electrons. The Morgan fingerprint density at radius 3 is 2.36 bits per heavy atom. The maximum atomic E-state index is 12.6. The summed E-state index contributed by atoms with van der Waals surface area (Å²) in [6.07, 6.45) is 1.30. The van der Waals surface area contributed by atoms with Gasteiger partial charge in [0.2, 0.25) is 10.0 Å². The summed E-state index contributed by atoms with van der Waals surface area (Å²) in [7, 11) is -4.17. The number of rotatable bonds is 2. The first-order chi connectivity index (χ1) is 10.3. The molecule has 1 heterocycles. The molecule has 0 bridgehead atoms. The third kappa shape index (κ3) is 2.21. The van der Waals surface area contributed by atoms with E-state index in [1.807, 2.05) is 6.92 Å². The number of fused-ring (bicyclic) bond motifs is 1. The van der Waals surface area contributed by atoms with E-state index in [9.17, 15) is 18.5 Å². The van der Waals surface area contributed by atoms with Gasteiger partial charge in [-0.3, -0.25) is 0 Å². The molecule has 0 spiro atoms. The van der Waals surface area contributed by atoms with Gasteiger partial charge in [-0.25, -0.2) is 13.5 Å². The second kappa shape index (κ2) is 4.94. The SMILES string of the molecule is Cc1ccc(S(=O)(=O)N2N=Cc3ccccc3[B-]2(O)O)cc1. The lowest BCUT2D eigenvalue weighted by molar-refractivity contribution is 0.310. The van der Waals surface area contributed by atoms with Gasteiger partial charge in [0, 0.05) is 6.21 Å². The first kappa shape index (κ1) is 14.8. The normalized spacial score (nSPS) is 16.4. The minimum atomic E-state index is -4.17. The molecule has 1 aliphatic rings. The fraction of sp³-hybridized carbons (Fsp3) is 0.0714. The molecule has 6 nitrogen and oxygen atoms in total. The average molecular weight is 317 g/mol. The Labute approximate surface area is 128 Å². The van der Waals surface area contributed by atoms with Gasteiger partial charge in [0.1, 0.15) is 0 Å². The van der Waals surface area contributed by atoms with Crippen LogP contribution in [0.5, 0.6) is 0 Å². The Morgan fingerprint density at radius 2 is 1.68 bits per heavy atom. The molecule has 22 heavy (non-hydrogen) atoms. The summed E-state index contributed by atoms with van der Waals surface area (Å²) in [6.45, 7) is -1.67. The smallest absolute Gasteiger partial charge is 0.402 e. The predicted octanol–water partition coefficient (Wildman–Crippen LogP) is 0.164. The molecule has 0 saturated heterocycles. The van der Waals surface area contributed by atoms with Crippen molar-refractivity contribution in [2.75, 3.05) is 0 Å². The molecule has 114 valence electrons. The van der Waals surface area contributed by atoms with Crippen LogP contribution in [0.15, 0.2) is 58.5 Å². The molecule has 0 unspecified atom stereocenters. The van der Waals surface area contributed by atoms with Crippen LogP contribution in [-0.4, -0.2) is 35.7 Å². The van der Waals surface area contributed by atoms with Crippen LogP contribution in [0.3, 0.4) is 0 Å². The van der Waals surface area contributed by atoms with Gasteiger partial charge in [-0.2, -0.15) is 0 Å². The zero-order valence-corrected chi connectivity index (χ0v) is 12.6. The predicted molar refractivity (Wildman–Crippen MR) is 84.1 cm³/mol. The first-order valence-electron chi connectivity index (χ1n) is 6.68. The lowest BCUT2D eigenvalue weighted by Crippen LogP contribution is -2.65. The average Bonchev–Trinajstić information content (AvgIpc) is 2.47. The van der Waals surface area contributed by atoms with Crippen molar-refractivity contribution in [2.24, 2.45) is 5.10 Å². The van der Waals surface area contributed by atoms with E-state index < -0.39 is 16.7 Å². The van der Waals surface area contributed by atoms with Crippen molar-refractivity contribution in [1.82, 2.24) is 4.33 Å². The standard InChI is InChI=1S/C14H14BN2O4S/c1-11-6-8-13(9-7-11)22(20,21)17-15(18,19)14-5-3-2-4-12(14)10-16-17/h2-10,18-19H,1H3/q-1. The molecule has 0 saturated carbocycles. The summed E-state index contributed by atoms with van der Waals surface area (Å²) in [5, 5.41) is 24.5. The largest absolute Gasteiger partial charge is 0.560 e. The van der Waals surface area contributed by atoms with Crippen LogP contribution >= 0.6 is 0 Å². The van der Waals surface area contributed by atoms with E-state index in [2.05, 4.69) is 5.10 Å². The second-order valence-electron chi connectivity index (χ2n) is 5.20. The molecule has 0 atom stereocenters. The third-order valence-corrected chi connectivity index (χ3v) is 5.35. The topological polar surface area (TPSA) is 90.2 Å². The van der Waals surface area contributed by atoms with Gasteiger partial charge in [0.15, 0.2) is 0 Å². The lowest BCUT2D eigenvalue weighted by Gasteiger charge is -2.42. The maximum Gasteiger partial charge on any atom is 0.402 e.